The van der Waals surface area contributed by atoms with E-state index in [-0.39, 0.29) is 5.60 Å². The van der Waals surface area contributed by atoms with E-state index < -0.39 is 0 Å². The Hall–Kier alpha value is -0.120. The lowest BCUT2D eigenvalue weighted by Crippen LogP contribution is -2.45. The van der Waals surface area contributed by atoms with Crippen molar-refractivity contribution >= 4 is 0 Å². The van der Waals surface area contributed by atoms with Crippen LogP contribution in [0.5, 0.6) is 0 Å². The summed E-state index contributed by atoms with van der Waals surface area (Å²) in [7, 11) is 0. The maximum atomic E-state index is 6.08. The summed E-state index contributed by atoms with van der Waals surface area (Å²) in [5, 5.41) is 0. The fourth-order valence-electron chi connectivity index (χ4n) is 2.91. The monoisotopic (exact) mass is 271 g/mol. The second-order valence-electron chi connectivity index (χ2n) is 6.28. The molecule has 1 saturated carbocycles. The van der Waals surface area contributed by atoms with Crippen molar-refractivity contribution in [2.45, 2.75) is 64.9 Å². The number of unbranched alkanes of at least 4 members (excludes halogenated alkanes) is 1. The van der Waals surface area contributed by atoms with Crippen LogP contribution in [0, 0.1) is 11.8 Å². The van der Waals surface area contributed by atoms with E-state index in [0.717, 1.165) is 37.7 Å². The van der Waals surface area contributed by atoms with Gasteiger partial charge in [0.05, 0.1) is 18.8 Å². The van der Waals surface area contributed by atoms with Crippen molar-refractivity contribution in [2.24, 2.45) is 17.6 Å². The number of hydrogen-bond acceptors (Lipinski definition) is 3. The van der Waals surface area contributed by atoms with E-state index in [0.29, 0.717) is 19.8 Å². The lowest BCUT2D eigenvalue weighted by Gasteiger charge is -2.40. The van der Waals surface area contributed by atoms with Crippen molar-refractivity contribution in [3.05, 3.63) is 0 Å². The smallest absolute Gasteiger partial charge is 0.0805 e. The van der Waals surface area contributed by atoms with Crippen LogP contribution >= 0.6 is 0 Å². The first-order valence-electron chi connectivity index (χ1n) is 8.05. The third kappa shape index (κ3) is 5.80. The highest BCUT2D eigenvalue weighted by Gasteiger charge is 2.35. The van der Waals surface area contributed by atoms with E-state index in [4.69, 9.17) is 15.2 Å². The molecule has 0 bridgehead atoms. The SMILES string of the molecule is CCCCOCCOC1(CN)CCC(C(C)C)CC1. The summed E-state index contributed by atoms with van der Waals surface area (Å²) in [4.78, 5) is 0. The van der Waals surface area contributed by atoms with E-state index in [9.17, 15) is 0 Å². The Morgan fingerprint density at radius 2 is 1.84 bits per heavy atom. The van der Waals surface area contributed by atoms with E-state index in [1.807, 2.05) is 0 Å². The zero-order valence-electron chi connectivity index (χ0n) is 13.1. The molecule has 0 saturated heterocycles. The Labute approximate surface area is 119 Å². The molecule has 0 aromatic carbocycles. The normalized spacial score (nSPS) is 27.9. The summed E-state index contributed by atoms with van der Waals surface area (Å²) >= 11 is 0. The number of rotatable bonds is 9. The van der Waals surface area contributed by atoms with Gasteiger partial charge >= 0.3 is 0 Å². The van der Waals surface area contributed by atoms with Gasteiger partial charge < -0.3 is 15.2 Å². The predicted octanol–water partition coefficient (Wildman–Crippen LogP) is 3.36. The van der Waals surface area contributed by atoms with Crippen LogP contribution < -0.4 is 5.73 Å². The van der Waals surface area contributed by atoms with E-state index in [1.165, 1.54) is 19.3 Å². The highest BCUT2D eigenvalue weighted by molar-refractivity contribution is 4.89. The molecule has 3 heteroatoms. The molecule has 0 amide bonds. The summed E-state index contributed by atoms with van der Waals surface area (Å²) in [5.74, 6) is 1.64. The molecule has 0 aromatic heterocycles. The van der Waals surface area contributed by atoms with Crippen LogP contribution in [0.2, 0.25) is 0 Å². The summed E-state index contributed by atoms with van der Waals surface area (Å²) in [6.45, 7) is 9.71. The summed E-state index contributed by atoms with van der Waals surface area (Å²) < 4.78 is 11.6. The first-order valence-corrected chi connectivity index (χ1v) is 8.05. The van der Waals surface area contributed by atoms with E-state index in [2.05, 4.69) is 20.8 Å². The molecule has 19 heavy (non-hydrogen) atoms. The minimum absolute atomic E-state index is 0.0699. The van der Waals surface area contributed by atoms with Crippen LogP contribution in [0.25, 0.3) is 0 Å². The van der Waals surface area contributed by atoms with Gasteiger partial charge in [0.2, 0.25) is 0 Å². The Bertz CT molecular complexity index is 223. The molecule has 0 spiro atoms. The molecule has 0 atom stereocenters. The molecule has 1 aliphatic rings. The van der Waals surface area contributed by atoms with Crippen LogP contribution in [0.1, 0.15) is 59.3 Å². The van der Waals surface area contributed by atoms with Gasteiger partial charge in [-0.15, -0.1) is 0 Å². The third-order valence-electron chi connectivity index (χ3n) is 4.53. The van der Waals surface area contributed by atoms with E-state index in [1.54, 1.807) is 0 Å². The Balaban J connectivity index is 2.22. The Kier molecular flexibility index (Phi) is 7.96. The van der Waals surface area contributed by atoms with Gasteiger partial charge in [-0.1, -0.05) is 27.2 Å². The molecule has 2 N–H and O–H groups in total. The zero-order valence-corrected chi connectivity index (χ0v) is 13.1. The average molecular weight is 271 g/mol. The molecule has 0 aromatic rings. The van der Waals surface area contributed by atoms with Crippen molar-refractivity contribution in [1.29, 1.82) is 0 Å². The van der Waals surface area contributed by atoms with Crippen LogP contribution in [0.15, 0.2) is 0 Å². The fourth-order valence-corrected chi connectivity index (χ4v) is 2.91. The van der Waals surface area contributed by atoms with Gasteiger partial charge in [-0.3, -0.25) is 0 Å². The molecule has 0 heterocycles. The van der Waals surface area contributed by atoms with Gasteiger partial charge in [-0.25, -0.2) is 0 Å². The maximum Gasteiger partial charge on any atom is 0.0805 e. The van der Waals surface area contributed by atoms with Gasteiger partial charge in [0.15, 0.2) is 0 Å². The minimum Gasteiger partial charge on any atom is -0.379 e. The van der Waals surface area contributed by atoms with Gasteiger partial charge in [-0.2, -0.15) is 0 Å². The van der Waals surface area contributed by atoms with Crippen LogP contribution in [0.4, 0.5) is 0 Å². The lowest BCUT2D eigenvalue weighted by atomic mass is 9.74. The van der Waals surface area contributed by atoms with Crippen LogP contribution in [-0.4, -0.2) is 32.0 Å². The van der Waals surface area contributed by atoms with Crippen molar-refractivity contribution in [2.75, 3.05) is 26.4 Å². The van der Waals surface area contributed by atoms with E-state index >= 15 is 0 Å². The average Bonchev–Trinajstić information content (AvgIpc) is 2.43. The minimum atomic E-state index is -0.0699. The molecule has 1 aliphatic carbocycles. The van der Waals surface area contributed by atoms with Gasteiger partial charge in [0, 0.05) is 13.2 Å². The first-order chi connectivity index (χ1) is 9.13. The van der Waals surface area contributed by atoms with Crippen LogP contribution in [-0.2, 0) is 9.47 Å². The highest BCUT2D eigenvalue weighted by atomic mass is 16.5. The summed E-state index contributed by atoms with van der Waals surface area (Å²) in [6.07, 6.45) is 7.06. The molecule has 3 nitrogen and oxygen atoms in total. The topological polar surface area (TPSA) is 44.5 Å². The van der Waals surface area contributed by atoms with Crippen molar-refractivity contribution in [3.8, 4) is 0 Å². The molecule has 0 unspecified atom stereocenters. The summed E-state index contributed by atoms with van der Waals surface area (Å²) in [5.41, 5.74) is 5.89. The second kappa shape index (κ2) is 8.93. The van der Waals surface area contributed by atoms with Crippen LogP contribution in [0.3, 0.4) is 0 Å². The fraction of sp³-hybridized carbons (Fsp3) is 1.00. The number of nitrogens with two attached hydrogens (primary N) is 1. The molecule has 114 valence electrons. The van der Waals surface area contributed by atoms with Gasteiger partial charge in [0.1, 0.15) is 0 Å². The predicted molar refractivity (Wildman–Crippen MR) is 80.3 cm³/mol. The number of ether oxygens (including phenoxy) is 2. The number of hydrogen-bond donors (Lipinski definition) is 1. The Morgan fingerprint density at radius 1 is 1.16 bits per heavy atom. The third-order valence-corrected chi connectivity index (χ3v) is 4.53. The molecule has 0 radical (unpaired) electrons. The first kappa shape index (κ1) is 16.9. The zero-order chi connectivity index (χ0) is 14.1. The van der Waals surface area contributed by atoms with Crippen molar-refractivity contribution in [3.63, 3.8) is 0 Å². The second-order valence-corrected chi connectivity index (χ2v) is 6.28. The van der Waals surface area contributed by atoms with Crippen molar-refractivity contribution in [1.82, 2.24) is 0 Å². The Morgan fingerprint density at radius 3 is 2.37 bits per heavy atom. The largest absolute Gasteiger partial charge is 0.379 e. The molecule has 1 rings (SSSR count). The molecular formula is C16H33NO2. The van der Waals surface area contributed by atoms with Crippen molar-refractivity contribution < 1.29 is 9.47 Å². The summed E-state index contributed by atoms with van der Waals surface area (Å²) in [6, 6.07) is 0. The van der Waals surface area contributed by atoms with Gasteiger partial charge in [0.25, 0.3) is 0 Å². The molecule has 0 aliphatic heterocycles. The molecular weight excluding hydrogens is 238 g/mol. The standard InChI is InChI=1S/C16H33NO2/c1-4-5-10-18-11-12-19-16(13-17)8-6-15(7-9-16)14(2)3/h14-15H,4-13,17H2,1-3H3. The maximum absolute atomic E-state index is 6.08. The lowest BCUT2D eigenvalue weighted by molar-refractivity contribution is -0.0909. The van der Waals surface area contributed by atoms with Gasteiger partial charge in [-0.05, 0) is 43.9 Å². The molecule has 1 fully saturated rings. The quantitative estimate of drug-likeness (QED) is 0.654. The highest BCUT2D eigenvalue weighted by Crippen LogP contribution is 2.37.